The van der Waals surface area contributed by atoms with Crippen LogP contribution in [0.2, 0.25) is 5.15 Å². The summed E-state index contributed by atoms with van der Waals surface area (Å²) in [6.07, 6.45) is -1.56. The van der Waals surface area contributed by atoms with Crippen molar-refractivity contribution in [3.05, 3.63) is 46.1 Å². The molecule has 2 aromatic carbocycles. The van der Waals surface area contributed by atoms with E-state index >= 15 is 8.78 Å². The number of carbonyl (C=O) groups excluding carboxylic acids is 2. The van der Waals surface area contributed by atoms with Crippen LogP contribution in [0.1, 0.15) is 43.1 Å². The van der Waals surface area contributed by atoms with Crippen molar-refractivity contribution in [3.8, 4) is 17.2 Å². The number of nitrogens with one attached hydrogen (secondary N) is 1. The molecule has 0 saturated carbocycles. The summed E-state index contributed by atoms with van der Waals surface area (Å²) >= 11 is 7.43. The number of benzene rings is 2. The van der Waals surface area contributed by atoms with Gasteiger partial charge in [0.25, 0.3) is 5.91 Å². The molecule has 1 saturated heterocycles. The Bertz CT molecular complexity index is 1940. The van der Waals surface area contributed by atoms with Gasteiger partial charge in [0.1, 0.15) is 28.3 Å². The van der Waals surface area contributed by atoms with Crippen LogP contribution in [0.15, 0.2) is 18.2 Å². The molecule has 2 aliphatic heterocycles. The number of nitrogens with zero attached hydrogens (tertiary/aromatic N) is 5. The predicted octanol–water partition coefficient (Wildman–Crippen LogP) is 6.28. The molecule has 4 heterocycles. The molecule has 3 amide bonds. The fraction of sp³-hybridized carbons (Fsp3) is 0.345. The van der Waals surface area contributed by atoms with Crippen LogP contribution >= 0.6 is 22.9 Å². The number of ether oxygens (including phenoxy) is 1. The van der Waals surface area contributed by atoms with E-state index in [9.17, 15) is 24.8 Å². The Morgan fingerprint density at radius 3 is 2.61 bits per heavy atom. The molecule has 0 unspecified atom stereocenters. The number of anilines is 1. The van der Waals surface area contributed by atoms with E-state index in [4.69, 9.17) is 16.3 Å². The average Bonchev–Trinajstić information content (AvgIpc) is 3.47. The lowest BCUT2D eigenvalue weighted by Crippen LogP contribution is -2.57. The van der Waals surface area contributed by atoms with Crippen molar-refractivity contribution in [3.63, 3.8) is 0 Å². The third-order valence-electron chi connectivity index (χ3n) is 7.63. The Labute approximate surface area is 258 Å². The van der Waals surface area contributed by atoms with Gasteiger partial charge in [-0.1, -0.05) is 17.7 Å². The Morgan fingerprint density at radius 2 is 1.93 bits per heavy atom. The number of amides is 3. The van der Waals surface area contributed by atoms with Gasteiger partial charge in [-0.25, -0.2) is 18.4 Å². The molecular weight excluding hydrogens is 618 g/mol. The molecule has 44 heavy (non-hydrogen) atoms. The van der Waals surface area contributed by atoms with Crippen LogP contribution in [0.4, 0.5) is 23.4 Å². The number of aryl methyl sites for hydroxylation is 1. The molecule has 0 bridgehead atoms. The van der Waals surface area contributed by atoms with Crippen molar-refractivity contribution < 1.29 is 33.0 Å². The van der Waals surface area contributed by atoms with Gasteiger partial charge in [0.2, 0.25) is 0 Å². The highest BCUT2D eigenvalue weighted by molar-refractivity contribution is 7.23. The number of aromatic nitrogens is 2. The predicted molar refractivity (Wildman–Crippen MR) is 159 cm³/mol. The molecular formula is C29H25ClF2N6O5S. The summed E-state index contributed by atoms with van der Waals surface area (Å²) in [5.74, 6) is -2.03. The molecule has 0 aliphatic carbocycles. The molecule has 2 aromatic heterocycles. The van der Waals surface area contributed by atoms with E-state index in [1.54, 1.807) is 25.7 Å². The molecule has 4 aromatic rings. The minimum absolute atomic E-state index is 0.00147. The van der Waals surface area contributed by atoms with Gasteiger partial charge in [0, 0.05) is 37.1 Å². The van der Waals surface area contributed by atoms with E-state index in [1.807, 2.05) is 6.07 Å². The van der Waals surface area contributed by atoms with E-state index in [0.717, 1.165) is 23.5 Å². The largest absolute Gasteiger partial charge is 0.465 e. The SMILES string of the molecule is CC(C)(C)OC(=O)Nc1sc2c(F)ccc(-c3c(F)cc4c5c3c(Cl)nn5CC[C@@H]3CN(C(=O)O)CCN3C4=O)c2c1C#N. The molecule has 0 spiro atoms. The lowest BCUT2D eigenvalue weighted by atomic mass is 9.93. The average molecular weight is 643 g/mol. The molecule has 11 nitrogen and oxygen atoms in total. The van der Waals surface area contributed by atoms with Crippen molar-refractivity contribution in [2.45, 2.75) is 45.4 Å². The van der Waals surface area contributed by atoms with E-state index in [1.165, 1.54) is 15.6 Å². The van der Waals surface area contributed by atoms with Gasteiger partial charge in [-0.05, 0) is 44.9 Å². The van der Waals surface area contributed by atoms with Crippen LogP contribution in [-0.4, -0.2) is 74.1 Å². The smallest absolute Gasteiger partial charge is 0.412 e. The zero-order valence-electron chi connectivity index (χ0n) is 23.7. The first-order chi connectivity index (χ1) is 20.8. The van der Waals surface area contributed by atoms with Crippen molar-refractivity contribution >= 4 is 67.0 Å². The quantitative estimate of drug-likeness (QED) is 0.262. The summed E-state index contributed by atoms with van der Waals surface area (Å²) < 4.78 is 38.3. The summed E-state index contributed by atoms with van der Waals surface area (Å²) in [5, 5.41) is 26.6. The van der Waals surface area contributed by atoms with Gasteiger partial charge < -0.3 is 19.6 Å². The first kappa shape index (κ1) is 29.6. The third-order valence-corrected chi connectivity index (χ3v) is 9.01. The number of piperazine rings is 1. The van der Waals surface area contributed by atoms with Crippen molar-refractivity contribution in [1.82, 2.24) is 19.6 Å². The maximum absolute atomic E-state index is 16.3. The molecule has 6 rings (SSSR count). The highest BCUT2D eigenvalue weighted by Crippen LogP contribution is 2.46. The van der Waals surface area contributed by atoms with Gasteiger partial charge in [0.05, 0.1) is 32.8 Å². The second-order valence-electron chi connectivity index (χ2n) is 11.5. The fourth-order valence-corrected chi connectivity index (χ4v) is 7.19. The van der Waals surface area contributed by atoms with Gasteiger partial charge in [-0.3, -0.25) is 14.8 Å². The second kappa shape index (κ2) is 10.6. The van der Waals surface area contributed by atoms with Crippen LogP contribution in [0.5, 0.6) is 0 Å². The zero-order chi connectivity index (χ0) is 31.7. The van der Waals surface area contributed by atoms with Crippen molar-refractivity contribution in [2.75, 3.05) is 25.0 Å². The van der Waals surface area contributed by atoms with Crippen LogP contribution in [0, 0.1) is 23.0 Å². The Kier molecular flexibility index (Phi) is 7.13. The van der Waals surface area contributed by atoms with Crippen molar-refractivity contribution in [1.29, 1.82) is 5.26 Å². The molecule has 228 valence electrons. The summed E-state index contributed by atoms with van der Waals surface area (Å²) in [7, 11) is 0. The molecule has 2 aliphatic rings. The minimum Gasteiger partial charge on any atom is -0.465 e. The number of carboxylic acid groups (broad SMARTS) is 1. The van der Waals surface area contributed by atoms with E-state index in [-0.39, 0.29) is 79.6 Å². The molecule has 1 fully saturated rings. The van der Waals surface area contributed by atoms with Gasteiger partial charge in [-0.15, -0.1) is 11.3 Å². The maximum atomic E-state index is 16.3. The first-order valence-electron chi connectivity index (χ1n) is 13.6. The van der Waals surface area contributed by atoms with E-state index < -0.39 is 41.4 Å². The van der Waals surface area contributed by atoms with Gasteiger partial charge >= 0.3 is 12.2 Å². The monoisotopic (exact) mass is 642 g/mol. The van der Waals surface area contributed by atoms with Crippen LogP contribution < -0.4 is 5.32 Å². The van der Waals surface area contributed by atoms with E-state index in [0.29, 0.717) is 6.42 Å². The highest BCUT2D eigenvalue weighted by atomic mass is 35.5. The molecule has 1 atom stereocenters. The van der Waals surface area contributed by atoms with Crippen molar-refractivity contribution in [2.24, 2.45) is 0 Å². The van der Waals surface area contributed by atoms with E-state index in [2.05, 4.69) is 10.4 Å². The number of nitriles is 1. The lowest BCUT2D eigenvalue weighted by molar-refractivity contribution is 0.0417. The lowest BCUT2D eigenvalue weighted by Gasteiger charge is -2.41. The highest BCUT2D eigenvalue weighted by Gasteiger charge is 2.37. The minimum atomic E-state index is -1.08. The first-order valence-corrected chi connectivity index (χ1v) is 14.8. The third kappa shape index (κ3) is 4.86. The Hall–Kier alpha value is -4.48. The number of fused-ring (bicyclic) bond motifs is 2. The Balaban J connectivity index is 1.53. The number of hydrogen-bond donors (Lipinski definition) is 2. The topological polar surface area (TPSA) is 141 Å². The standard InChI is InChI=1S/C29H25ClF2N6O5S/c1-29(2,3)43-27(40)34-25-16(11-33)19-14(4-5-17(31)23(19)44-25)20-18(32)10-15-22-21(20)24(30)35-38(22)7-6-13-12-36(28(41)42)8-9-37(13)26(15)39/h4-5,10,13H,6-9,12H2,1-3H3,(H,34,40)(H,41,42)/t13-/m1/s1. The normalized spacial score (nSPS) is 16.8. The summed E-state index contributed by atoms with van der Waals surface area (Å²) in [5.41, 5.74) is -0.606. The van der Waals surface area contributed by atoms with Crippen LogP contribution in [0.25, 0.3) is 32.1 Å². The summed E-state index contributed by atoms with van der Waals surface area (Å²) in [4.78, 5) is 40.7. The molecule has 0 radical (unpaired) electrons. The number of halogens is 3. The zero-order valence-corrected chi connectivity index (χ0v) is 25.3. The molecule has 2 N–H and O–H groups in total. The fourth-order valence-electron chi connectivity index (χ4n) is 5.84. The summed E-state index contributed by atoms with van der Waals surface area (Å²) in [6.45, 7) is 5.62. The maximum Gasteiger partial charge on any atom is 0.412 e. The molecule has 15 heteroatoms. The Morgan fingerprint density at radius 1 is 1.18 bits per heavy atom. The van der Waals surface area contributed by atoms with Gasteiger partial charge in [-0.2, -0.15) is 10.4 Å². The summed E-state index contributed by atoms with van der Waals surface area (Å²) in [6, 6.07) is 5.09. The number of carbonyl (C=O) groups is 3. The second-order valence-corrected chi connectivity index (χ2v) is 12.9. The van der Waals surface area contributed by atoms with Crippen LogP contribution in [-0.2, 0) is 11.3 Å². The van der Waals surface area contributed by atoms with Gasteiger partial charge in [0.15, 0.2) is 5.15 Å². The van der Waals surface area contributed by atoms with Crippen LogP contribution in [0.3, 0.4) is 0 Å². The number of thiophene rings is 1. The number of hydrogen-bond acceptors (Lipinski definition) is 7. The number of rotatable bonds is 2.